The van der Waals surface area contributed by atoms with Crippen LogP contribution in [0, 0.1) is 0 Å². The normalized spacial score (nSPS) is 13.4. The van der Waals surface area contributed by atoms with Gasteiger partial charge in [0, 0.05) is 21.9 Å². The number of aromatic nitrogens is 1. The van der Waals surface area contributed by atoms with Crippen molar-refractivity contribution >= 4 is 43.4 Å². The van der Waals surface area contributed by atoms with Gasteiger partial charge in [-0.15, -0.1) is 0 Å². The molecule has 10 rings (SSSR count). The molecule has 0 saturated carbocycles. The molecule has 226 valence electrons. The van der Waals surface area contributed by atoms with Gasteiger partial charge in [0.2, 0.25) is 0 Å². The zero-order valence-corrected chi connectivity index (χ0v) is 27.0. The van der Waals surface area contributed by atoms with Gasteiger partial charge in [0.25, 0.3) is 0 Å². The monoisotopic (exact) mass is 611 g/mol. The topological polar surface area (TPSA) is 4.93 Å². The van der Waals surface area contributed by atoms with Crippen LogP contribution in [0.2, 0.25) is 0 Å². The minimum absolute atomic E-state index is 0.0349. The third-order valence-corrected chi connectivity index (χ3v) is 10.7. The zero-order valence-electron chi connectivity index (χ0n) is 27.0. The Morgan fingerprint density at radius 3 is 1.88 bits per heavy atom. The van der Waals surface area contributed by atoms with Gasteiger partial charge in [-0.05, 0) is 121 Å². The average molecular weight is 612 g/mol. The summed E-state index contributed by atoms with van der Waals surface area (Å²) in [6.07, 6.45) is 0. The first kappa shape index (κ1) is 27.2. The Balaban J connectivity index is 1.23. The first-order chi connectivity index (χ1) is 23.5. The first-order valence-electron chi connectivity index (χ1n) is 16.8. The number of nitrogens with zero attached hydrogens (tertiary/aromatic N) is 1. The van der Waals surface area contributed by atoms with E-state index in [1.165, 1.54) is 93.5 Å². The highest BCUT2D eigenvalue weighted by molar-refractivity contribution is 6.15. The molecule has 0 fully saturated rings. The maximum atomic E-state index is 2.45. The number of rotatable bonds is 3. The maximum Gasteiger partial charge on any atom is 0.0547 e. The Kier molecular flexibility index (Phi) is 5.69. The highest BCUT2D eigenvalue weighted by Crippen LogP contribution is 2.50. The standard InChI is InChI=1S/C47H33N/c1-47(2)43-15-9-8-14-39(43)40-26-37-29-46-42(27-36(37)28-44(40)47)41-25-35(34-17-16-31-12-6-7-13-33(31)24-34)20-23-45(41)48(46)38-21-18-32(19-22-38)30-10-4-3-5-11-30/h3-29H,1-2H3. The van der Waals surface area contributed by atoms with Crippen LogP contribution in [0.15, 0.2) is 164 Å². The predicted molar refractivity (Wildman–Crippen MR) is 204 cm³/mol. The van der Waals surface area contributed by atoms with Crippen LogP contribution < -0.4 is 0 Å². The lowest BCUT2D eigenvalue weighted by Crippen LogP contribution is -2.14. The van der Waals surface area contributed by atoms with Crippen molar-refractivity contribution in [1.82, 2.24) is 4.57 Å². The van der Waals surface area contributed by atoms with E-state index in [4.69, 9.17) is 0 Å². The number of benzene rings is 8. The van der Waals surface area contributed by atoms with Gasteiger partial charge in [0.1, 0.15) is 0 Å². The second kappa shape index (κ2) is 10.0. The van der Waals surface area contributed by atoms with E-state index >= 15 is 0 Å². The third kappa shape index (κ3) is 3.98. The quantitative estimate of drug-likeness (QED) is 0.187. The van der Waals surface area contributed by atoms with Gasteiger partial charge in [0.15, 0.2) is 0 Å². The Hall–Kier alpha value is -5.92. The largest absolute Gasteiger partial charge is 0.309 e. The first-order valence-corrected chi connectivity index (χ1v) is 16.8. The molecule has 0 unspecified atom stereocenters. The molecule has 0 N–H and O–H groups in total. The molecular weight excluding hydrogens is 579 g/mol. The van der Waals surface area contributed by atoms with Crippen molar-refractivity contribution in [2.75, 3.05) is 0 Å². The van der Waals surface area contributed by atoms with E-state index in [0.29, 0.717) is 0 Å². The van der Waals surface area contributed by atoms with Crippen LogP contribution in [0.4, 0.5) is 0 Å². The SMILES string of the molecule is CC1(C)c2ccccc2-c2cc3cc4c(cc3cc21)c1cc(-c2ccc3ccccc3c2)ccc1n4-c1ccc(-c2ccccc2)cc1. The molecule has 0 bridgehead atoms. The van der Waals surface area contributed by atoms with Gasteiger partial charge in [-0.3, -0.25) is 0 Å². The molecule has 48 heavy (non-hydrogen) atoms. The van der Waals surface area contributed by atoms with Gasteiger partial charge in [-0.2, -0.15) is 0 Å². The summed E-state index contributed by atoms with van der Waals surface area (Å²) in [7, 11) is 0. The molecule has 0 atom stereocenters. The van der Waals surface area contributed by atoms with Gasteiger partial charge in [-0.25, -0.2) is 0 Å². The van der Waals surface area contributed by atoms with Crippen LogP contribution in [0.3, 0.4) is 0 Å². The fourth-order valence-electron chi connectivity index (χ4n) is 8.22. The van der Waals surface area contributed by atoms with E-state index in [9.17, 15) is 0 Å². The Morgan fingerprint density at radius 1 is 0.375 bits per heavy atom. The summed E-state index contributed by atoms with van der Waals surface area (Å²) in [6, 6.07) is 60.7. The Morgan fingerprint density at radius 2 is 1.02 bits per heavy atom. The van der Waals surface area contributed by atoms with Gasteiger partial charge in [0.05, 0.1) is 11.0 Å². The van der Waals surface area contributed by atoms with Crippen molar-refractivity contribution in [3.63, 3.8) is 0 Å². The van der Waals surface area contributed by atoms with E-state index in [1.54, 1.807) is 0 Å². The Labute approximate surface area is 280 Å². The molecule has 0 spiro atoms. The van der Waals surface area contributed by atoms with Gasteiger partial charge in [-0.1, -0.05) is 123 Å². The highest BCUT2D eigenvalue weighted by Gasteiger charge is 2.35. The molecule has 1 nitrogen and oxygen atoms in total. The summed E-state index contributed by atoms with van der Waals surface area (Å²) in [5, 5.41) is 7.64. The van der Waals surface area contributed by atoms with Crippen LogP contribution in [-0.2, 0) is 5.41 Å². The number of hydrogen-bond acceptors (Lipinski definition) is 0. The van der Waals surface area contributed by atoms with E-state index in [2.05, 4.69) is 182 Å². The molecule has 0 saturated heterocycles. The van der Waals surface area contributed by atoms with Crippen molar-refractivity contribution in [3.05, 3.63) is 175 Å². The fourth-order valence-corrected chi connectivity index (χ4v) is 8.22. The van der Waals surface area contributed by atoms with Crippen molar-refractivity contribution in [3.8, 4) is 39.1 Å². The van der Waals surface area contributed by atoms with E-state index < -0.39 is 0 Å². The van der Waals surface area contributed by atoms with Crippen molar-refractivity contribution in [1.29, 1.82) is 0 Å². The molecule has 1 aliphatic rings. The molecule has 1 heteroatoms. The molecule has 0 radical (unpaired) electrons. The van der Waals surface area contributed by atoms with Crippen LogP contribution >= 0.6 is 0 Å². The molecule has 0 aliphatic heterocycles. The van der Waals surface area contributed by atoms with Crippen LogP contribution in [-0.4, -0.2) is 4.57 Å². The number of hydrogen-bond donors (Lipinski definition) is 0. The lowest BCUT2D eigenvalue weighted by molar-refractivity contribution is 0.661. The zero-order chi connectivity index (χ0) is 32.0. The molecule has 9 aromatic rings. The second-order valence-corrected chi connectivity index (χ2v) is 13.8. The molecule has 1 aromatic heterocycles. The summed E-state index contributed by atoms with van der Waals surface area (Å²) in [5.74, 6) is 0. The smallest absolute Gasteiger partial charge is 0.0547 e. The van der Waals surface area contributed by atoms with Crippen molar-refractivity contribution < 1.29 is 0 Å². The summed E-state index contributed by atoms with van der Waals surface area (Å²) in [6.45, 7) is 4.73. The summed E-state index contributed by atoms with van der Waals surface area (Å²) < 4.78 is 2.45. The lowest BCUT2D eigenvalue weighted by atomic mass is 9.82. The molecular formula is C47H33N. The van der Waals surface area contributed by atoms with Gasteiger partial charge >= 0.3 is 0 Å². The molecule has 8 aromatic carbocycles. The second-order valence-electron chi connectivity index (χ2n) is 13.8. The van der Waals surface area contributed by atoms with E-state index in [0.717, 1.165) is 0 Å². The van der Waals surface area contributed by atoms with Crippen molar-refractivity contribution in [2.24, 2.45) is 0 Å². The minimum atomic E-state index is -0.0349. The van der Waals surface area contributed by atoms with Crippen LogP contribution in [0.5, 0.6) is 0 Å². The molecule has 1 aliphatic carbocycles. The summed E-state index contributed by atoms with van der Waals surface area (Å²) in [5.41, 5.74) is 14.0. The maximum absolute atomic E-state index is 2.45. The van der Waals surface area contributed by atoms with Crippen LogP contribution in [0.25, 0.3) is 82.4 Å². The minimum Gasteiger partial charge on any atom is -0.309 e. The Bertz CT molecular complexity index is 2730. The lowest BCUT2D eigenvalue weighted by Gasteiger charge is -2.21. The number of fused-ring (bicyclic) bond motifs is 8. The van der Waals surface area contributed by atoms with E-state index in [1.807, 2.05) is 0 Å². The van der Waals surface area contributed by atoms with Crippen molar-refractivity contribution in [2.45, 2.75) is 19.3 Å². The third-order valence-electron chi connectivity index (χ3n) is 10.7. The van der Waals surface area contributed by atoms with E-state index in [-0.39, 0.29) is 5.41 Å². The van der Waals surface area contributed by atoms with Crippen LogP contribution in [0.1, 0.15) is 25.0 Å². The summed E-state index contributed by atoms with van der Waals surface area (Å²) in [4.78, 5) is 0. The molecule has 1 heterocycles. The summed E-state index contributed by atoms with van der Waals surface area (Å²) >= 11 is 0. The molecule has 0 amide bonds. The predicted octanol–water partition coefficient (Wildman–Crippen LogP) is 12.7. The fraction of sp³-hybridized carbons (Fsp3) is 0.0638. The van der Waals surface area contributed by atoms with Gasteiger partial charge < -0.3 is 4.57 Å². The average Bonchev–Trinajstić information content (AvgIpc) is 3.57. The highest BCUT2D eigenvalue weighted by atomic mass is 15.0.